The van der Waals surface area contributed by atoms with Gasteiger partial charge in [-0.2, -0.15) is 0 Å². The molecule has 1 aromatic rings. The Morgan fingerprint density at radius 3 is 2.62 bits per heavy atom. The van der Waals surface area contributed by atoms with E-state index in [-0.39, 0.29) is 10.6 Å². The summed E-state index contributed by atoms with van der Waals surface area (Å²) < 4.78 is 13.1. The van der Waals surface area contributed by atoms with E-state index in [1.807, 2.05) is 0 Å². The van der Waals surface area contributed by atoms with Crippen LogP contribution in [0.15, 0.2) is 30.4 Å². The molecule has 0 aromatic heterocycles. The summed E-state index contributed by atoms with van der Waals surface area (Å²) in [6.45, 7) is 4.98. The summed E-state index contributed by atoms with van der Waals surface area (Å²) in [4.78, 5) is 11.3. The third-order valence-corrected chi connectivity index (χ3v) is 1.80. The molecule has 68 valence electrons. The van der Waals surface area contributed by atoms with E-state index in [1.54, 1.807) is 0 Å². The zero-order chi connectivity index (χ0) is 10.0. The van der Waals surface area contributed by atoms with Gasteiger partial charge >= 0.3 is 0 Å². The minimum atomic E-state index is -0.611. The van der Waals surface area contributed by atoms with Gasteiger partial charge in [-0.25, -0.2) is 4.39 Å². The molecule has 0 fully saturated rings. The molecule has 0 amide bonds. The quantitative estimate of drug-likeness (QED) is 0.527. The van der Waals surface area contributed by atoms with Gasteiger partial charge in [0.05, 0.1) is 5.56 Å². The fourth-order valence-corrected chi connectivity index (χ4v) is 1.06. The van der Waals surface area contributed by atoms with Crippen molar-refractivity contribution in [3.05, 3.63) is 46.8 Å². The molecule has 0 saturated heterocycles. The second kappa shape index (κ2) is 3.71. The molecular formula is C10H8ClFO. The van der Waals surface area contributed by atoms with E-state index >= 15 is 0 Å². The second-order valence-corrected chi connectivity index (χ2v) is 3.17. The average molecular weight is 199 g/mol. The van der Waals surface area contributed by atoms with Crippen LogP contribution in [0, 0.1) is 5.82 Å². The summed E-state index contributed by atoms with van der Waals surface area (Å²) in [5.41, 5.74) is 0.318. The summed E-state index contributed by atoms with van der Waals surface area (Å²) in [6, 6.07) is 3.94. The first-order valence-corrected chi connectivity index (χ1v) is 4.05. The summed E-state index contributed by atoms with van der Waals surface area (Å²) in [6.07, 6.45) is 0. The summed E-state index contributed by atoms with van der Waals surface area (Å²) >= 11 is 5.53. The number of rotatable bonds is 2. The second-order valence-electron chi connectivity index (χ2n) is 2.73. The topological polar surface area (TPSA) is 17.1 Å². The highest BCUT2D eigenvalue weighted by molar-refractivity contribution is 6.30. The largest absolute Gasteiger partial charge is 0.289 e. The van der Waals surface area contributed by atoms with Gasteiger partial charge in [0.15, 0.2) is 5.78 Å². The minimum Gasteiger partial charge on any atom is -0.289 e. The van der Waals surface area contributed by atoms with Crippen LogP contribution < -0.4 is 0 Å². The fraction of sp³-hybridized carbons (Fsp3) is 0.100. The Morgan fingerprint density at radius 1 is 1.54 bits per heavy atom. The fourth-order valence-electron chi connectivity index (χ4n) is 0.904. The first-order chi connectivity index (χ1) is 6.02. The van der Waals surface area contributed by atoms with Crippen molar-refractivity contribution in [2.75, 3.05) is 0 Å². The maximum Gasteiger partial charge on any atom is 0.191 e. The first kappa shape index (κ1) is 9.93. The number of hydrogen-bond donors (Lipinski definition) is 0. The number of carbonyl (C=O) groups excluding carboxylic acids is 1. The molecule has 1 nitrogen and oxygen atoms in total. The molecule has 0 radical (unpaired) electrons. The molecule has 0 N–H and O–H groups in total. The van der Waals surface area contributed by atoms with Crippen molar-refractivity contribution in [1.29, 1.82) is 0 Å². The number of hydrogen-bond acceptors (Lipinski definition) is 1. The van der Waals surface area contributed by atoms with Gasteiger partial charge in [0.2, 0.25) is 0 Å². The van der Waals surface area contributed by atoms with Crippen LogP contribution in [0.1, 0.15) is 17.3 Å². The van der Waals surface area contributed by atoms with Crippen LogP contribution in [0.4, 0.5) is 4.39 Å². The Hall–Kier alpha value is -1.15. The smallest absolute Gasteiger partial charge is 0.191 e. The maximum absolute atomic E-state index is 13.1. The van der Waals surface area contributed by atoms with E-state index in [2.05, 4.69) is 6.58 Å². The Morgan fingerprint density at radius 2 is 2.15 bits per heavy atom. The summed E-state index contributed by atoms with van der Waals surface area (Å²) in [5.74, 6) is -1.00. The van der Waals surface area contributed by atoms with E-state index in [1.165, 1.54) is 19.1 Å². The van der Waals surface area contributed by atoms with Gasteiger partial charge in [-0.3, -0.25) is 4.79 Å². The van der Waals surface area contributed by atoms with E-state index in [0.717, 1.165) is 6.07 Å². The molecule has 0 unspecified atom stereocenters. The lowest BCUT2D eigenvalue weighted by Gasteiger charge is -2.01. The number of carbonyl (C=O) groups is 1. The molecule has 0 aliphatic heterocycles. The molecule has 0 heterocycles. The predicted molar refractivity (Wildman–Crippen MR) is 50.6 cm³/mol. The monoisotopic (exact) mass is 198 g/mol. The molecule has 0 atom stereocenters. The van der Waals surface area contributed by atoms with Crippen LogP contribution in [-0.2, 0) is 0 Å². The van der Waals surface area contributed by atoms with E-state index in [9.17, 15) is 9.18 Å². The molecule has 0 aliphatic carbocycles. The average Bonchev–Trinajstić information content (AvgIpc) is 2.03. The molecule has 0 bridgehead atoms. The van der Waals surface area contributed by atoms with Gasteiger partial charge in [0.1, 0.15) is 5.82 Å². The standard InChI is InChI=1S/C10H8ClFO/c1-6(2)10(13)8-4-3-7(11)5-9(8)12/h3-5H,1H2,2H3. The highest BCUT2D eigenvalue weighted by Gasteiger charge is 2.11. The molecule has 0 aliphatic rings. The zero-order valence-corrected chi connectivity index (χ0v) is 7.86. The van der Waals surface area contributed by atoms with Gasteiger partial charge in [-0.15, -0.1) is 0 Å². The third-order valence-electron chi connectivity index (χ3n) is 1.56. The van der Waals surface area contributed by atoms with Crippen molar-refractivity contribution >= 4 is 17.4 Å². The van der Waals surface area contributed by atoms with Crippen LogP contribution in [0.2, 0.25) is 5.02 Å². The van der Waals surface area contributed by atoms with Gasteiger partial charge in [0, 0.05) is 5.02 Å². The molecule has 3 heteroatoms. The highest BCUT2D eigenvalue weighted by atomic mass is 35.5. The van der Waals surface area contributed by atoms with Crippen LogP contribution in [0.5, 0.6) is 0 Å². The van der Waals surface area contributed by atoms with Crippen LogP contribution in [0.3, 0.4) is 0 Å². The lowest BCUT2D eigenvalue weighted by Crippen LogP contribution is -2.02. The van der Waals surface area contributed by atoms with Gasteiger partial charge < -0.3 is 0 Å². The van der Waals surface area contributed by atoms with Crippen molar-refractivity contribution in [2.24, 2.45) is 0 Å². The van der Waals surface area contributed by atoms with Crippen molar-refractivity contribution in [2.45, 2.75) is 6.92 Å². The van der Waals surface area contributed by atoms with E-state index in [4.69, 9.17) is 11.6 Å². The van der Waals surface area contributed by atoms with Gasteiger partial charge in [0.25, 0.3) is 0 Å². The lowest BCUT2D eigenvalue weighted by atomic mass is 10.1. The first-order valence-electron chi connectivity index (χ1n) is 3.67. The Bertz CT molecular complexity index is 371. The Labute approximate surface area is 80.8 Å². The molecular weight excluding hydrogens is 191 g/mol. The molecule has 1 aromatic carbocycles. The molecule has 13 heavy (non-hydrogen) atoms. The van der Waals surface area contributed by atoms with Crippen molar-refractivity contribution in [3.8, 4) is 0 Å². The molecule has 1 rings (SSSR count). The molecule has 0 saturated carbocycles. The van der Waals surface area contributed by atoms with Crippen molar-refractivity contribution in [3.63, 3.8) is 0 Å². The number of ketones is 1. The summed E-state index contributed by atoms with van der Waals surface area (Å²) in [5, 5.41) is 0.274. The van der Waals surface area contributed by atoms with E-state index in [0.29, 0.717) is 5.57 Å². The number of allylic oxidation sites excluding steroid dienone is 1. The maximum atomic E-state index is 13.1. The summed E-state index contributed by atoms with van der Waals surface area (Å²) in [7, 11) is 0. The number of Topliss-reactive ketones (excluding diaryl/α,β-unsaturated/α-hetero) is 1. The predicted octanol–water partition coefficient (Wildman–Crippen LogP) is 3.24. The zero-order valence-electron chi connectivity index (χ0n) is 7.10. The Kier molecular flexibility index (Phi) is 2.83. The van der Waals surface area contributed by atoms with Crippen molar-refractivity contribution in [1.82, 2.24) is 0 Å². The highest BCUT2D eigenvalue weighted by Crippen LogP contribution is 2.16. The normalized spacial score (nSPS) is 9.77. The lowest BCUT2D eigenvalue weighted by molar-refractivity contribution is 0.103. The molecule has 0 spiro atoms. The van der Waals surface area contributed by atoms with Gasteiger partial charge in [-0.05, 0) is 30.7 Å². The van der Waals surface area contributed by atoms with Crippen LogP contribution in [-0.4, -0.2) is 5.78 Å². The van der Waals surface area contributed by atoms with Crippen LogP contribution >= 0.6 is 11.6 Å². The van der Waals surface area contributed by atoms with Crippen molar-refractivity contribution < 1.29 is 9.18 Å². The number of benzene rings is 1. The van der Waals surface area contributed by atoms with Crippen LogP contribution in [0.25, 0.3) is 0 Å². The number of halogens is 2. The third kappa shape index (κ3) is 2.16. The minimum absolute atomic E-state index is 0.0110. The SMILES string of the molecule is C=C(C)C(=O)c1ccc(Cl)cc1F. The Balaban J connectivity index is 3.16. The van der Waals surface area contributed by atoms with E-state index < -0.39 is 11.6 Å². The van der Waals surface area contributed by atoms with Gasteiger partial charge in [-0.1, -0.05) is 18.2 Å².